The summed E-state index contributed by atoms with van der Waals surface area (Å²) in [5.41, 5.74) is 1.18. The molecule has 2 aliphatic rings. The normalized spacial score (nSPS) is 18.6. The molecule has 2 heterocycles. The van der Waals surface area contributed by atoms with Crippen molar-refractivity contribution >= 4 is 12.0 Å². The fourth-order valence-electron chi connectivity index (χ4n) is 3.64. The van der Waals surface area contributed by atoms with Gasteiger partial charge in [-0.2, -0.15) is 0 Å². The van der Waals surface area contributed by atoms with Crippen LogP contribution in [0.1, 0.15) is 12.0 Å². The maximum Gasteiger partial charge on any atom is 0.410 e. The van der Waals surface area contributed by atoms with Gasteiger partial charge in [0.1, 0.15) is 6.61 Å². The highest BCUT2D eigenvalue weighted by Gasteiger charge is 2.48. The minimum Gasteiger partial charge on any atom is -0.487 e. The lowest BCUT2D eigenvalue weighted by atomic mass is 9.79. The number of carbonyl (C=O) groups excluding carboxylic acids is 2. The highest BCUT2D eigenvalue weighted by molar-refractivity contribution is 5.68. The second kappa shape index (κ2) is 8.21. The number of ether oxygens (including phenoxy) is 2. The van der Waals surface area contributed by atoms with E-state index in [1.165, 1.54) is 7.11 Å². The number of amides is 1. The van der Waals surface area contributed by atoms with Gasteiger partial charge in [-0.1, -0.05) is 36.4 Å². The van der Waals surface area contributed by atoms with Crippen LogP contribution in [0.5, 0.6) is 0 Å². The van der Waals surface area contributed by atoms with E-state index in [9.17, 15) is 9.59 Å². The first-order chi connectivity index (χ1) is 12.6. The second-order valence-corrected chi connectivity index (χ2v) is 6.95. The molecule has 6 nitrogen and oxygen atoms in total. The van der Waals surface area contributed by atoms with E-state index in [0.29, 0.717) is 6.61 Å². The van der Waals surface area contributed by atoms with Gasteiger partial charge in [-0.05, 0) is 18.1 Å². The third-order valence-electron chi connectivity index (χ3n) is 4.97. The van der Waals surface area contributed by atoms with Gasteiger partial charge in [0.15, 0.2) is 5.94 Å². The van der Waals surface area contributed by atoms with Gasteiger partial charge in [0, 0.05) is 38.1 Å². The molecule has 0 atom stereocenters. The Morgan fingerprint density at radius 1 is 1.27 bits per heavy atom. The molecule has 0 radical (unpaired) electrons. The average Bonchev–Trinajstić information content (AvgIpc) is 3.09. The van der Waals surface area contributed by atoms with Gasteiger partial charge in [0.25, 0.3) is 0 Å². The zero-order valence-corrected chi connectivity index (χ0v) is 15.0. The zero-order chi connectivity index (χ0) is 18.4. The maximum absolute atomic E-state index is 12.3. The van der Waals surface area contributed by atoms with E-state index in [-0.39, 0.29) is 17.3 Å². The van der Waals surface area contributed by atoms with Gasteiger partial charge in [0.05, 0.1) is 7.11 Å². The molecular weight excluding hydrogens is 332 g/mol. The summed E-state index contributed by atoms with van der Waals surface area (Å²) in [6.07, 6.45) is 4.31. The van der Waals surface area contributed by atoms with Crippen LogP contribution in [0.15, 0.2) is 48.2 Å². The number of likely N-dealkylation sites (tertiary alicyclic amines) is 2. The molecule has 1 aromatic rings. The number of methoxy groups -OCH3 is 1. The number of allylic oxidation sites excluding steroid dienone is 1. The summed E-state index contributed by atoms with van der Waals surface area (Å²) in [4.78, 5) is 26.9. The fraction of sp³-hybridized carbons (Fsp3) is 0.450. The molecule has 0 bridgehead atoms. The second-order valence-electron chi connectivity index (χ2n) is 6.95. The molecule has 138 valence electrons. The van der Waals surface area contributed by atoms with E-state index >= 15 is 0 Å². The number of nitrogens with zero attached hydrogens (tertiary/aromatic N) is 2. The largest absolute Gasteiger partial charge is 0.487 e. The van der Waals surface area contributed by atoms with Crippen LogP contribution in [0.2, 0.25) is 0 Å². The van der Waals surface area contributed by atoms with Crippen molar-refractivity contribution in [3.05, 3.63) is 53.8 Å². The lowest BCUT2D eigenvalue weighted by molar-refractivity contribution is 0.0163. The summed E-state index contributed by atoms with van der Waals surface area (Å²) in [7, 11) is 1.45. The summed E-state index contributed by atoms with van der Waals surface area (Å²) in [5, 5.41) is 0. The monoisotopic (exact) mass is 356 g/mol. The van der Waals surface area contributed by atoms with Crippen LogP contribution < -0.4 is 0 Å². The number of carbonyl (C=O) groups is 1. The van der Waals surface area contributed by atoms with Crippen LogP contribution in [0.4, 0.5) is 4.79 Å². The molecule has 3 rings (SSSR count). The van der Waals surface area contributed by atoms with Crippen molar-refractivity contribution in [3.63, 3.8) is 0 Å². The molecule has 2 fully saturated rings. The molecule has 2 aliphatic heterocycles. The number of hydrogen-bond donors (Lipinski definition) is 0. The third kappa shape index (κ3) is 4.34. The molecular formula is C20H24N2O4. The lowest BCUT2D eigenvalue weighted by Crippen LogP contribution is -2.57. The predicted molar refractivity (Wildman–Crippen MR) is 97.0 cm³/mol. The molecule has 0 aliphatic carbocycles. The van der Waals surface area contributed by atoms with Crippen LogP contribution in [-0.4, -0.2) is 61.7 Å². The Kier molecular flexibility index (Phi) is 5.76. The highest BCUT2D eigenvalue weighted by atomic mass is 16.6. The summed E-state index contributed by atoms with van der Waals surface area (Å²) in [6.45, 7) is 4.47. The van der Waals surface area contributed by atoms with Crippen molar-refractivity contribution in [1.29, 1.82) is 0 Å². The summed E-state index contributed by atoms with van der Waals surface area (Å²) < 4.78 is 10.3. The van der Waals surface area contributed by atoms with Crippen molar-refractivity contribution in [2.75, 3.05) is 39.8 Å². The van der Waals surface area contributed by atoms with Gasteiger partial charge >= 0.3 is 6.09 Å². The Hall–Kier alpha value is -2.56. The number of rotatable bonds is 6. The van der Waals surface area contributed by atoms with Crippen LogP contribution in [0.25, 0.3) is 0 Å². The van der Waals surface area contributed by atoms with E-state index in [1.807, 2.05) is 41.3 Å². The standard InChI is InChI=1S/C20H24N2O4/c1-25-18(12-23)8-5-10-21-14-20(15-21)9-11-22(16-20)19(24)26-13-17-6-3-2-4-7-17/h2-8H,9-11,13-16H2,1H3/b8-5+. The fourth-order valence-corrected chi connectivity index (χ4v) is 3.64. The van der Waals surface area contributed by atoms with Crippen LogP contribution in [0, 0.1) is 5.41 Å². The van der Waals surface area contributed by atoms with E-state index in [1.54, 1.807) is 12.0 Å². The minimum absolute atomic E-state index is 0.185. The van der Waals surface area contributed by atoms with Gasteiger partial charge in [-0.25, -0.2) is 9.59 Å². The van der Waals surface area contributed by atoms with Crippen LogP contribution >= 0.6 is 0 Å². The molecule has 2 saturated heterocycles. The Morgan fingerprint density at radius 3 is 2.73 bits per heavy atom. The van der Waals surface area contributed by atoms with Crippen molar-refractivity contribution < 1.29 is 19.1 Å². The van der Waals surface area contributed by atoms with Crippen LogP contribution in [-0.2, 0) is 20.9 Å². The molecule has 0 aromatic heterocycles. The van der Waals surface area contributed by atoms with Gasteiger partial charge < -0.3 is 14.4 Å². The van der Waals surface area contributed by atoms with Crippen molar-refractivity contribution in [2.45, 2.75) is 13.0 Å². The Balaban J connectivity index is 1.40. The van der Waals surface area contributed by atoms with E-state index in [0.717, 1.165) is 44.7 Å². The van der Waals surface area contributed by atoms with E-state index in [2.05, 4.69) is 4.90 Å². The van der Waals surface area contributed by atoms with Crippen molar-refractivity contribution in [1.82, 2.24) is 9.80 Å². The van der Waals surface area contributed by atoms with Gasteiger partial charge in [-0.3, -0.25) is 4.90 Å². The maximum atomic E-state index is 12.3. The highest BCUT2D eigenvalue weighted by Crippen LogP contribution is 2.39. The molecule has 26 heavy (non-hydrogen) atoms. The van der Waals surface area contributed by atoms with Crippen LogP contribution in [0.3, 0.4) is 0 Å². The summed E-state index contributed by atoms with van der Waals surface area (Å²) >= 11 is 0. The molecule has 1 aromatic carbocycles. The van der Waals surface area contributed by atoms with Crippen molar-refractivity contribution in [3.8, 4) is 0 Å². The van der Waals surface area contributed by atoms with Gasteiger partial charge in [-0.15, -0.1) is 0 Å². The molecule has 0 unspecified atom stereocenters. The topological polar surface area (TPSA) is 59.1 Å². The first kappa shape index (κ1) is 18.2. The number of benzene rings is 1. The zero-order valence-electron chi connectivity index (χ0n) is 15.0. The molecule has 0 saturated carbocycles. The smallest absolute Gasteiger partial charge is 0.410 e. The quantitative estimate of drug-likeness (QED) is 0.444. The molecule has 1 amide bonds. The Labute approximate surface area is 153 Å². The first-order valence-electron chi connectivity index (χ1n) is 8.78. The van der Waals surface area contributed by atoms with E-state index in [4.69, 9.17) is 9.47 Å². The summed E-state index contributed by atoms with van der Waals surface area (Å²) in [6, 6.07) is 9.71. The molecule has 0 N–H and O–H groups in total. The Morgan fingerprint density at radius 2 is 2.04 bits per heavy atom. The third-order valence-corrected chi connectivity index (χ3v) is 4.97. The average molecular weight is 356 g/mol. The number of hydrogen-bond acceptors (Lipinski definition) is 5. The SMILES string of the molecule is COC(=C=O)/C=C/CN1CC2(CCN(C(=O)OCc3ccccc3)C2)C1. The molecule has 6 heteroatoms. The van der Waals surface area contributed by atoms with Crippen molar-refractivity contribution in [2.24, 2.45) is 5.41 Å². The van der Waals surface area contributed by atoms with E-state index < -0.39 is 0 Å². The Bertz CT molecular complexity index is 704. The van der Waals surface area contributed by atoms with Gasteiger partial charge in [0.2, 0.25) is 5.76 Å². The summed E-state index contributed by atoms with van der Waals surface area (Å²) in [5.74, 6) is 1.94. The molecule has 1 spiro atoms. The predicted octanol–water partition coefficient (Wildman–Crippen LogP) is 2.25. The minimum atomic E-state index is -0.232. The lowest BCUT2D eigenvalue weighted by Gasteiger charge is -2.47. The first-order valence-corrected chi connectivity index (χ1v) is 8.78.